The molecule has 3 aliphatic carbocycles. The van der Waals surface area contributed by atoms with Gasteiger partial charge in [-0.1, -0.05) is 38.3 Å². The van der Waals surface area contributed by atoms with Gasteiger partial charge in [-0.2, -0.15) is 0 Å². The lowest BCUT2D eigenvalue weighted by atomic mass is 9.80. The van der Waals surface area contributed by atoms with Crippen LogP contribution in [-0.2, 0) is 34.0 Å². The molecule has 0 unspecified atom stereocenters. The zero-order valence-corrected chi connectivity index (χ0v) is 22.5. The number of benzene rings is 1. The summed E-state index contributed by atoms with van der Waals surface area (Å²) in [7, 11) is 3.87. The topological polar surface area (TPSA) is 80.6 Å². The van der Waals surface area contributed by atoms with Gasteiger partial charge in [0.25, 0.3) is 12.4 Å². The maximum Gasteiger partial charge on any atom is 0.290 e. The van der Waals surface area contributed by atoms with Crippen molar-refractivity contribution in [1.82, 2.24) is 9.88 Å². The number of carboxylic acid groups (broad SMARTS) is 1. The molecule has 0 spiro atoms. The van der Waals surface area contributed by atoms with Crippen molar-refractivity contribution in [2.75, 3.05) is 7.11 Å². The van der Waals surface area contributed by atoms with Crippen LogP contribution < -0.4 is 5.32 Å². The van der Waals surface area contributed by atoms with Crippen molar-refractivity contribution in [3.8, 4) is 11.1 Å². The fourth-order valence-electron chi connectivity index (χ4n) is 5.21. The number of amides is 1. The molecule has 196 valence electrons. The zero-order valence-electron chi connectivity index (χ0n) is 22.5. The van der Waals surface area contributed by atoms with Gasteiger partial charge in [0, 0.05) is 31.5 Å². The van der Waals surface area contributed by atoms with Crippen LogP contribution in [0, 0.1) is 5.92 Å². The highest BCUT2D eigenvalue weighted by Gasteiger charge is 2.40. The molecule has 1 amide bonds. The van der Waals surface area contributed by atoms with E-state index in [2.05, 4.69) is 62.0 Å². The molecular weight excluding hydrogens is 452 g/mol. The lowest BCUT2D eigenvalue weighted by Gasteiger charge is -2.28. The minimum Gasteiger partial charge on any atom is -0.483 e. The zero-order chi connectivity index (χ0) is 26.1. The summed E-state index contributed by atoms with van der Waals surface area (Å²) >= 11 is 0. The molecule has 3 aliphatic rings. The number of carbonyl (C=O) groups excluding carboxylic acids is 1. The van der Waals surface area contributed by atoms with Gasteiger partial charge in [-0.25, -0.2) is 0 Å². The van der Waals surface area contributed by atoms with Crippen molar-refractivity contribution >= 4 is 12.4 Å². The van der Waals surface area contributed by atoms with Crippen LogP contribution in [-0.4, -0.2) is 35.2 Å². The largest absolute Gasteiger partial charge is 0.483 e. The predicted molar refractivity (Wildman–Crippen MR) is 142 cm³/mol. The molecular formula is C30H42N2O4. The molecule has 0 aliphatic heterocycles. The molecule has 3 saturated carbocycles. The Hall–Kier alpha value is -2.60. The van der Waals surface area contributed by atoms with Crippen LogP contribution in [0.3, 0.4) is 0 Å². The summed E-state index contributed by atoms with van der Waals surface area (Å²) in [6.45, 7) is 6.40. The number of aromatic nitrogens is 1. The summed E-state index contributed by atoms with van der Waals surface area (Å²) < 4.78 is 8.06. The highest BCUT2D eigenvalue weighted by molar-refractivity contribution is 5.95. The molecule has 36 heavy (non-hydrogen) atoms. The van der Waals surface area contributed by atoms with Crippen molar-refractivity contribution < 1.29 is 19.4 Å². The van der Waals surface area contributed by atoms with Gasteiger partial charge in [0.2, 0.25) is 0 Å². The standard InChI is InChI=1S/C29H40N2O2.CH2O2/c1-28(2,33-5)21-15-20(16-22(17-21)29(3)12-13-29)24-18-26(27(32)30-23-10-7-11-23)31(4)25(24)14-19-8-6-9-19;2-1-3/h15-19,23H,6-14H2,1-5H3,(H,30,32);1H,(H,2,3). The fourth-order valence-corrected chi connectivity index (χ4v) is 5.21. The van der Waals surface area contributed by atoms with Crippen molar-refractivity contribution in [1.29, 1.82) is 0 Å². The van der Waals surface area contributed by atoms with Crippen LogP contribution in [0.2, 0.25) is 0 Å². The Labute approximate surface area is 215 Å². The van der Waals surface area contributed by atoms with Crippen LogP contribution in [0.25, 0.3) is 11.1 Å². The second-order valence-corrected chi connectivity index (χ2v) is 11.7. The number of hydrogen-bond donors (Lipinski definition) is 2. The minimum absolute atomic E-state index is 0.0751. The van der Waals surface area contributed by atoms with Crippen LogP contribution in [0.1, 0.15) is 99.4 Å². The van der Waals surface area contributed by atoms with Crippen LogP contribution >= 0.6 is 0 Å². The van der Waals surface area contributed by atoms with Gasteiger partial charge in [0.05, 0.1) is 5.60 Å². The van der Waals surface area contributed by atoms with Crippen LogP contribution in [0.4, 0.5) is 0 Å². The Morgan fingerprint density at radius 3 is 2.31 bits per heavy atom. The number of rotatable bonds is 8. The van der Waals surface area contributed by atoms with Gasteiger partial charge in [-0.15, -0.1) is 0 Å². The lowest BCUT2D eigenvalue weighted by Crippen LogP contribution is -2.40. The third kappa shape index (κ3) is 5.39. The van der Waals surface area contributed by atoms with E-state index in [1.807, 2.05) is 0 Å². The molecule has 3 fully saturated rings. The maximum atomic E-state index is 13.2. The number of methoxy groups -OCH3 is 1. The molecule has 0 saturated heterocycles. The SMILES string of the molecule is COC(C)(C)c1cc(-c2cc(C(=O)NC3CCC3)n(C)c2CC2CCC2)cc(C2(C)CC2)c1.O=CO. The van der Waals surface area contributed by atoms with Gasteiger partial charge >= 0.3 is 0 Å². The van der Waals surface area contributed by atoms with E-state index >= 15 is 0 Å². The number of carbonyl (C=O) groups is 2. The summed E-state index contributed by atoms with van der Waals surface area (Å²) in [5.74, 6) is 0.810. The number of nitrogens with one attached hydrogen (secondary N) is 1. The van der Waals surface area contributed by atoms with Crippen molar-refractivity contribution in [2.24, 2.45) is 13.0 Å². The Morgan fingerprint density at radius 2 is 1.81 bits per heavy atom. The molecule has 2 N–H and O–H groups in total. The van der Waals surface area contributed by atoms with E-state index in [0.29, 0.717) is 6.04 Å². The smallest absolute Gasteiger partial charge is 0.290 e. The highest BCUT2D eigenvalue weighted by Crippen LogP contribution is 2.49. The van der Waals surface area contributed by atoms with E-state index in [9.17, 15) is 4.79 Å². The van der Waals surface area contributed by atoms with Crippen molar-refractivity contribution in [3.05, 3.63) is 46.8 Å². The number of hydrogen-bond acceptors (Lipinski definition) is 3. The Bertz CT molecular complexity index is 1100. The molecule has 1 aromatic carbocycles. The molecule has 1 aromatic heterocycles. The lowest BCUT2D eigenvalue weighted by molar-refractivity contribution is -0.122. The molecule has 6 heteroatoms. The van der Waals surface area contributed by atoms with Gasteiger partial charge in [-0.05, 0) is 92.5 Å². The van der Waals surface area contributed by atoms with E-state index in [1.165, 1.54) is 66.5 Å². The van der Waals surface area contributed by atoms with E-state index in [1.54, 1.807) is 7.11 Å². The molecule has 1 heterocycles. The fraction of sp³-hybridized carbons (Fsp3) is 0.600. The van der Waals surface area contributed by atoms with Crippen LogP contribution in [0.15, 0.2) is 24.3 Å². The van der Waals surface area contributed by atoms with E-state index in [4.69, 9.17) is 14.6 Å². The average Bonchev–Trinajstić information content (AvgIpc) is 3.46. The monoisotopic (exact) mass is 494 g/mol. The number of ether oxygens (including phenoxy) is 1. The van der Waals surface area contributed by atoms with Gasteiger partial charge in [-0.3, -0.25) is 9.59 Å². The normalized spacial score (nSPS) is 18.9. The summed E-state index contributed by atoms with van der Waals surface area (Å²) in [6, 6.07) is 9.53. The third-order valence-electron chi connectivity index (χ3n) is 8.88. The second kappa shape index (κ2) is 10.4. The quantitative estimate of drug-likeness (QED) is 0.444. The summed E-state index contributed by atoms with van der Waals surface area (Å²) in [5.41, 5.74) is 7.07. The summed E-state index contributed by atoms with van der Waals surface area (Å²) in [5, 5.41) is 10.1. The molecule has 0 radical (unpaired) electrons. The van der Waals surface area contributed by atoms with E-state index < -0.39 is 0 Å². The molecule has 0 bridgehead atoms. The molecule has 2 aromatic rings. The average molecular weight is 495 g/mol. The van der Waals surface area contributed by atoms with Crippen LogP contribution in [0.5, 0.6) is 0 Å². The third-order valence-corrected chi connectivity index (χ3v) is 8.88. The first kappa shape index (κ1) is 26.5. The highest BCUT2D eigenvalue weighted by atomic mass is 16.5. The van der Waals surface area contributed by atoms with Crippen molar-refractivity contribution in [2.45, 2.75) is 95.6 Å². The molecule has 5 rings (SSSR count). The molecule has 0 atom stereocenters. The Morgan fingerprint density at radius 1 is 1.17 bits per heavy atom. The predicted octanol–water partition coefficient (Wildman–Crippen LogP) is 5.95. The number of nitrogens with zero attached hydrogens (tertiary/aromatic N) is 1. The summed E-state index contributed by atoms with van der Waals surface area (Å²) in [6.07, 6.45) is 10.9. The van der Waals surface area contributed by atoms with E-state index in [0.717, 1.165) is 30.9 Å². The minimum atomic E-state index is -0.358. The van der Waals surface area contributed by atoms with Gasteiger partial charge in [0.15, 0.2) is 0 Å². The first-order chi connectivity index (χ1) is 17.1. The maximum absolute atomic E-state index is 13.2. The second-order valence-electron chi connectivity index (χ2n) is 11.7. The summed E-state index contributed by atoms with van der Waals surface area (Å²) in [4.78, 5) is 21.6. The molecule has 6 nitrogen and oxygen atoms in total. The first-order valence-electron chi connectivity index (χ1n) is 13.4. The van der Waals surface area contributed by atoms with E-state index in [-0.39, 0.29) is 23.4 Å². The van der Waals surface area contributed by atoms with Gasteiger partial charge in [0.1, 0.15) is 5.69 Å². The van der Waals surface area contributed by atoms with Gasteiger partial charge < -0.3 is 19.7 Å². The first-order valence-corrected chi connectivity index (χ1v) is 13.4. The Kier molecular flexibility index (Phi) is 7.65. The van der Waals surface area contributed by atoms with Crippen molar-refractivity contribution in [3.63, 3.8) is 0 Å². The Balaban J connectivity index is 0.000000967.